The molecular weight excluding hydrogens is 508 g/mol. The second kappa shape index (κ2) is 10.4. The van der Waals surface area contributed by atoms with Gasteiger partial charge < -0.3 is 0 Å². The van der Waals surface area contributed by atoms with E-state index in [4.69, 9.17) is 4.98 Å². The molecule has 0 spiro atoms. The lowest BCUT2D eigenvalue weighted by Crippen LogP contribution is -2.25. The Bertz CT molecular complexity index is 1680. The molecule has 1 atom stereocenters. The summed E-state index contributed by atoms with van der Waals surface area (Å²) in [6, 6.07) is 25.8. The maximum absolute atomic E-state index is 14.0. The lowest BCUT2D eigenvalue weighted by atomic mass is 10.0. The molecule has 0 aliphatic heterocycles. The van der Waals surface area contributed by atoms with Crippen molar-refractivity contribution < 1.29 is 4.79 Å². The van der Waals surface area contributed by atoms with Crippen LogP contribution in [0.15, 0.2) is 88.8 Å². The third-order valence-electron chi connectivity index (χ3n) is 7.15. The summed E-state index contributed by atoms with van der Waals surface area (Å²) in [6.07, 6.45) is 3.03. The first-order valence-corrected chi connectivity index (χ1v) is 14.6. The van der Waals surface area contributed by atoms with E-state index in [9.17, 15) is 9.59 Å². The van der Waals surface area contributed by atoms with Gasteiger partial charge in [-0.1, -0.05) is 102 Å². The summed E-state index contributed by atoms with van der Waals surface area (Å²) in [6.45, 7) is 4.46. The van der Waals surface area contributed by atoms with Crippen molar-refractivity contribution in [2.24, 2.45) is 0 Å². The van der Waals surface area contributed by atoms with Crippen LogP contribution in [-0.4, -0.2) is 15.3 Å². The Hall–Kier alpha value is -3.48. The van der Waals surface area contributed by atoms with Crippen LogP contribution < -0.4 is 5.56 Å². The van der Waals surface area contributed by atoms with Gasteiger partial charge in [0.2, 0.25) is 0 Å². The number of aryl methyl sites for hydroxylation is 4. The first-order valence-electron chi connectivity index (χ1n) is 12.9. The van der Waals surface area contributed by atoms with E-state index < -0.39 is 5.25 Å². The molecule has 5 aromatic rings. The molecule has 0 saturated carbocycles. The van der Waals surface area contributed by atoms with Crippen molar-refractivity contribution in [1.29, 1.82) is 0 Å². The number of carbonyl (C=O) groups is 1. The summed E-state index contributed by atoms with van der Waals surface area (Å²) in [7, 11) is 0. The number of hydrogen-bond acceptors (Lipinski definition) is 5. The lowest BCUT2D eigenvalue weighted by molar-refractivity contribution is 0.0989. The number of rotatable bonds is 7. The molecule has 2 aromatic heterocycles. The second-order valence-corrected chi connectivity index (χ2v) is 12.1. The van der Waals surface area contributed by atoms with Crippen LogP contribution in [0.2, 0.25) is 0 Å². The molecular formula is C32H28N2O2S2. The van der Waals surface area contributed by atoms with Gasteiger partial charge in [0.25, 0.3) is 5.56 Å². The van der Waals surface area contributed by atoms with E-state index in [0.717, 1.165) is 51.7 Å². The molecule has 0 radical (unpaired) electrons. The van der Waals surface area contributed by atoms with E-state index >= 15 is 0 Å². The summed E-state index contributed by atoms with van der Waals surface area (Å²) in [5.74, 6) is 0.00753. The normalized spacial score (nSPS) is 13.5. The Kier molecular flexibility index (Phi) is 6.76. The van der Waals surface area contributed by atoms with E-state index in [2.05, 4.69) is 0 Å². The maximum Gasteiger partial charge on any atom is 0.263 e. The highest BCUT2D eigenvalue weighted by molar-refractivity contribution is 8.00. The molecule has 0 amide bonds. The minimum absolute atomic E-state index is 0.00753. The summed E-state index contributed by atoms with van der Waals surface area (Å²) in [5, 5.41) is 0.813. The monoisotopic (exact) mass is 536 g/mol. The average molecular weight is 537 g/mol. The highest BCUT2D eigenvalue weighted by Gasteiger charge is 2.28. The van der Waals surface area contributed by atoms with Crippen molar-refractivity contribution in [3.8, 4) is 0 Å². The molecule has 3 aromatic carbocycles. The topological polar surface area (TPSA) is 52.0 Å². The van der Waals surface area contributed by atoms with Gasteiger partial charge in [-0.2, -0.15) is 0 Å². The Balaban J connectivity index is 1.50. The summed E-state index contributed by atoms with van der Waals surface area (Å²) in [4.78, 5) is 35.1. The van der Waals surface area contributed by atoms with Gasteiger partial charge in [0.15, 0.2) is 10.9 Å². The molecule has 1 aliphatic rings. The van der Waals surface area contributed by atoms with Crippen LogP contribution in [0, 0.1) is 13.8 Å². The molecule has 1 unspecified atom stereocenters. The van der Waals surface area contributed by atoms with Crippen molar-refractivity contribution in [3.05, 3.63) is 127 Å². The van der Waals surface area contributed by atoms with Crippen molar-refractivity contribution in [3.63, 3.8) is 0 Å². The van der Waals surface area contributed by atoms with Gasteiger partial charge in [-0.15, -0.1) is 11.3 Å². The predicted molar refractivity (Wildman–Crippen MR) is 157 cm³/mol. The first-order chi connectivity index (χ1) is 18.5. The summed E-state index contributed by atoms with van der Waals surface area (Å²) < 4.78 is 1.78. The molecule has 4 nitrogen and oxygen atoms in total. The van der Waals surface area contributed by atoms with Gasteiger partial charge >= 0.3 is 0 Å². The van der Waals surface area contributed by atoms with Gasteiger partial charge in [-0.25, -0.2) is 4.98 Å². The molecule has 2 heterocycles. The number of carbonyl (C=O) groups excluding carboxylic acids is 1. The van der Waals surface area contributed by atoms with E-state index in [-0.39, 0.29) is 11.3 Å². The number of benzene rings is 3. The Morgan fingerprint density at radius 1 is 0.947 bits per heavy atom. The zero-order chi connectivity index (χ0) is 26.2. The third-order valence-corrected chi connectivity index (χ3v) is 9.58. The molecule has 38 heavy (non-hydrogen) atoms. The van der Waals surface area contributed by atoms with Crippen LogP contribution >= 0.6 is 23.1 Å². The fourth-order valence-corrected chi connectivity index (χ4v) is 7.52. The maximum atomic E-state index is 14.0. The molecule has 1 aliphatic carbocycles. The largest absolute Gasteiger partial charge is 0.293 e. The molecule has 0 saturated heterocycles. The zero-order valence-corrected chi connectivity index (χ0v) is 23.1. The number of thiophene rings is 1. The van der Waals surface area contributed by atoms with Gasteiger partial charge in [-0.05, 0) is 49.8 Å². The third kappa shape index (κ3) is 4.74. The zero-order valence-electron chi connectivity index (χ0n) is 21.4. The minimum atomic E-state index is -0.531. The van der Waals surface area contributed by atoms with E-state index in [1.165, 1.54) is 22.2 Å². The summed E-state index contributed by atoms with van der Waals surface area (Å²) in [5.41, 5.74) is 5.99. The SMILES string of the molecule is Cc1ccc(C(=O)C(Sc2nc3sc4c(c3c(=O)n2Cc2ccccc2)CCC4)c2ccc(C)cc2)cc1. The van der Waals surface area contributed by atoms with Crippen LogP contribution in [0.4, 0.5) is 0 Å². The van der Waals surface area contributed by atoms with Crippen LogP contribution in [0.3, 0.4) is 0 Å². The number of thioether (sulfide) groups is 1. The predicted octanol–water partition coefficient (Wildman–Crippen LogP) is 7.33. The fourth-order valence-electron chi connectivity index (χ4n) is 5.04. The number of fused-ring (bicyclic) bond motifs is 3. The Labute approximate surface area is 230 Å². The van der Waals surface area contributed by atoms with Crippen LogP contribution in [0.25, 0.3) is 10.2 Å². The van der Waals surface area contributed by atoms with E-state index in [0.29, 0.717) is 17.3 Å². The number of Topliss-reactive ketones (excluding diaryl/α,β-unsaturated/α-hetero) is 1. The number of ketones is 1. The number of hydrogen-bond donors (Lipinski definition) is 0. The minimum Gasteiger partial charge on any atom is -0.293 e. The Morgan fingerprint density at radius 3 is 2.34 bits per heavy atom. The van der Waals surface area contributed by atoms with Gasteiger partial charge in [0.1, 0.15) is 10.1 Å². The van der Waals surface area contributed by atoms with Crippen LogP contribution in [-0.2, 0) is 19.4 Å². The molecule has 6 heteroatoms. The molecule has 6 rings (SSSR count). The lowest BCUT2D eigenvalue weighted by Gasteiger charge is -2.19. The van der Waals surface area contributed by atoms with Gasteiger partial charge in [0, 0.05) is 10.4 Å². The number of aromatic nitrogens is 2. The van der Waals surface area contributed by atoms with Gasteiger partial charge in [0.05, 0.1) is 11.9 Å². The average Bonchev–Trinajstić information content (AvgIpc) is 3.52. The highest BCUT2D eigenvalue weighted by atomic mass is 32.2. The quantitative estimate of drug-likeness (QED) is 0.124. The van der Waals surface area contributed by atoms with Crippen LogP contribution in [0.5, 0.6) is 0 Å². The smallest absolute Gasteiger partial charge is 0.263 e. The standard InChI is InChI=1S/C32H28N2O2S2/c1-20-11-15-23(16-12-20)28(35)29(24-17-13-21(2)14-18-24)38-32-33-30-27(25-9-6-10-26(25)37-30)31(36)34(32)19-22-7-4-3-5-8-22/h3-5,7-8,11-18,29H,6,9-10,19H2,1-2H3. The molecule has 190 valence electrons. The van der Waals surface area contributed by atoms with E-state index in [1.807, 2.05) is 92.7 Å². The van der Waals surface area contributed by atoms with Crippen molar-refractivity contribution in [1.82, 2.24) is 9.55 Å². The van der Waals surface area contributed by atoms with Crippen molar-refractivity contribution in [2.45, 2.75) is 50.1 Å². The van der Waals surface area contributed by atoms with Crippen molar-refractivity contribution in [2.75, 3.05) is 0 Å². The Morgan fingerprint density at radius 2 is 1.63 bits per heavy atom. The van der Waals surface area contributed by atoms with Crippen molar-refractivity contribution >= 4 is 39.1 Å². The fraction of sp³-hybridized carbons (Fsp3) is 0.219. The molecule has 0 N–H and O–H groups in total. The first kappa shape index (κ1) is 24.8. The summed E-state index contributed by atoms with van der Waals surface area (Å²) >= 11 is 3.02. The van der Waals surface area contributed by atoms with Crippen LogP contribution in [0.1, 0.15) is 54.7 Å². The van der Waals surface area contributed by atoms with E-state index in [1.54, 1.807) is 15.9 Å². The van der Waals surface area contributed by atoms with Gasteiger partial charge in [-0.3, -0.25) is 14.2 Å². The highest BCUT2D eigenvalue weighted by Crippen LogP contribution is 2.40. The molecule has 0 fully saturated rings. The molecule has 0 bridgehead atoms. The number of nitrogens with zero attached hydrogens (tertiary/aromatic N) is 2. The second-order valence-electron chi connectivity index (χ2n) is 9.95.